The highest BCUT2D eigenvalue weighted by molar-refractivity contribution is 5.73. The van der Waals surface area contributed by atoms with Crippen LogP contribution in [0.25, 0.3) is 0 Å². The molecule has 1 fully saturated rings. The van der Waals surface area contributed by atoms with E-state index in [1.54, 1.807) is 6.92 Å². The number of aryl methyl sites for hydroxylation is 2. The monoisotopic (exact) mass is 339 g/mol. The molecule has 1 amide bonds. The molecule has 6 heteroatoms. The summed E-state index contributed by atoms with van der Waals surface area (Å²) in [7, 11) is 0. The summed E-state index contributed by atoms with van der Waals surface area (Å²) in [4.78, 5) is 24.8. The number of piperazine rings is 1. The van der Waals surface area contributed by atoms with Crippen molar-refractivity contribution in [3.05, 3.63) is 41.1 Å². The summed E-state index contributed by atoms with van der Waals surface area (Å²) >= 11 is 0. The third kappa shape index (κ3) is 3.90. The third-order valence-electron chi connectivity index (χ3n) is 4.74. The number of nitrogens with one attached hydrogen (secondary N) is 1. The Hall–Kier alpha value is -2.63. The Morgan fingerprint density at radius 1 is 1.08 bits per heavy atom. The smallest absolute Gasteiger partial charge is 0.229 e. The minimum atomic E-state index is 0.135. The fraction of sp³-hybridized carbons (Fsp3) is 0.421. The number of anilines is 3. The minimum Gasteiger partial charge on any atom is -0.353 e. The molecule has 1 aliphatic heterocycles. The van der Waals surface area contributed by atoms with Crippen LogP contribution in [0.15, 0.2) is 24.3 Å². The molecule has 0 saturated carbocycles. The summed E-state index contributed by atoms with van der Waals surface area (Å²) in [6, 6.07) is 8.16. The van der Waals surface area contributed by atoms with Gasteiger partial charge in [0, 0.05) is 50.6 Å². The molecule has 1 aromatic carbocycles. The van der Waals surface area contributed by atoms with Crippen molar-refractivity contribution < 1.29 is 4.79 Å². The van der Waals surface area contributed by atoms with Crippen molar-refractivity contribution >= 4 is 23.4 Å². The molecule has 2 aromatic rings. The first-order chi connectivity index (χ1) is 11.9. The fourth-order valence-electron chi connectivity index (χ4n) is 3.03. The van der Waals surface area contributed by atoms with Gasteiger partial charge in [0.2, 0.25) is 11.9 Å². The predicted octanol–water partition coefficient (Wildman–Crippen LogP) is 2.81. The Bertz CT molecular complexity index is 781. The normalized spacial score (nSPS) is 14.6. The number of rotatable bonds is 3. The maximum absolute atomic E-state index is 11.5. The fourth-order valence-corrected chi connectivity index (χ4v) is 3.03. The first kappa shape index (κ1) is 17.2. The lowest BCUT2D eigenvalue weighted by Crippen LogP contribution is -2.48. The van der Waals surface area contributed by atoms with Crippen molar-refractivity contribution in [1.29, 1.82) is 0 Å². The average Bonchev–Trinajstić information content (AvgIpc) is 2.58. The molecule has 1 aliphatic rings. The highest BCUT2D eigenvalue weighted by Crippen LogP contribution is 2.23. The largest absolute Gasteiger partial charge is 0.353 e. The Balaban J connectivity index is 1.79. The second-order valence-corrected chi connectivity index (χ2v) is 6.56. The second-order valence-electron chi connectivity index (χ2n) is 6.56. The van der Waals surface area contributed by atoms with Crippen LogP contribution in [0.3, 0.4) is 0 Å². The molecule has 1 saturated heterocycles. The van der Waals surface area contributed by atoms with Crippen molar-refractivity contribution in [2.45, 2.75) is 27.7 Å². The first-order valence-corrected chi connectivity index (χ1v) is 8.63. The first-order valence-electron chi connectivity index (χ1n) is 8.63. The summed E-state index contributed by atoms with van der Waals surface area (Å²) in [5.74, 6) is 1.65. The van der Waals surface area contributed by atoms with Crippen LogP contribution in [-0.4, -0.2) is 47.0 Å². The molecule has 2 heterocycles. The van der Waals surface area contributed by atoms with E-state index >= 15 is 0 Å². The topological polar surface area (TPSA) is 61.4 Å². The summed E-state index contributed by atoms with van der Waals surface area (Å²) in [5, 5.41) is 3.35. The maximum Gasteiger partial charge on any atom is 0.229 e. The molecule has 1 N–H and O–H groups in total. The van der Waals surface area contributed by atoms with Crippen molar-refractivity contribution in [3.8, 4) is 0 Å². The Morgan fingerprint density at radius 2 is 1.80 bits per heavy atom. The van der Waals surface area contributed by atoms with Crippen LogP contribution in [0.4, 0.5) is 17.5 Å². The number of carbonyl (C=O) groups excluding carboxylic acids is 1. The van der Waals surface area contributed by atoms with E-state index in [2.05, 4.69) is 35.1 Å². The summed E-state index contributed by atoms with van der Waals surface area (Å²) in [6.45, 7) is 10.8. The molecule has 25 heavy (non-hydrogen) atoms. The van der Waals surface area contributed by atoms with Crippen molar-refractivity contribution in [1.82, 2.24) is 14.9 Å². The lowest BCUT2D eigenvalue weighted by Gasteiger charge is -2.35. The Labute approximate surface area is 148 Å². The van der Waals surface area contributed by atoms with E-state index in [0.29, 0.717) is 5.95 Å². The van der Waals surface area contributed by atoms with Gasteiger partial charge in [-0.3, -0.25) is 4.79 Å². The van der Waals surface area contributed by atoms with Gasteiger partial charge in [-0.1, -0.05) is 12.1 Å². The molecule has 0 bridgehead atoms. The zero-order valence-electron chi connectivity index (χ0n) is 15.3. The standard InChI is InChI=1S/C19H25N5O/c1-13-6-5-7-17(15(13)3)21-19-20-14(2)12-18(22-19)24-10-8-23(9-11-24)16(4)25/h5-7,12H,8-11H2,1-4H3,(H,20,21,22). The van der Waals surface area contributed by atoms with Gasteiger partial charge in [-0.25, -0.2) is 4.98 Å². The van der Waals surface area contributed by atoms with Crippen molar-refractivity contribution in [2.75, 3.05) is 36.4 Å². The van der Waals surface area contributed by atoms with E-state index in [1.807, 2.05) is 30.0 Å². The number of nitrogens with zero attached hydrogens (tertiary/aromatic N) is 4. The van der Waals surface area contributed by atoms with Crippen LogP contribution in [0.2, 0.25) is 0 Å². The molecule has 6 nitrogen and oxygen atoms in total. The van der Waals surface area contributed by atoms with Crippen LogP contribution < -0.4 is 10.2 Å². The summed E-state index contributed by atoms with van der Waals surface area (Å²) < 4.78 is 0. The van der Waals surface area contributed by atoms with Crippen LogP contribution in [0, 0.1) is 20.8 Å². The third-order valence-corrected chi connectivity index (χ3v) is 4.74. The van der Waals surface area contributed by atoms with Crippen LogP contribution in [0.1, 0.15) is 23.7 Å². The van der Waals surface area contributed by atoms with E-state index in [4.69, 9.17) is 4.98 Å². The predicted molar refractivity (Wildman–Crippen MR) is 100 cm³/mol. The van der Waals surface area contributed by atoms with Gasteiger partial charge >= 0.3 is 0 Å². The van der Waals surface area contributed by atoms with Crippen molar-refractivity contribution in [3.63, 3.8) is 0 Å². The minimum absolute atomic E-state index is 0.135. The maximum atomic E-state index is 11.5. The quantitative estimate of drug-likeness (QED) is 0.932. The van der Waals surface area contributed by atoms with E-state index in [0.717, 1.165) is 43.4 Å². The number of carbonyl (C=O) groups is 1. The highest BCUT2D eigenvalue weighted by Gasteiger charge is 2.20. The molecular formula is C19H25N5O. The van der Waals surface area contributed by atoms with Gasteiger partial charge in [-0.05, 0) is 38.0 Å². The number of hydrogen-bond acceptors (Lipinski definition) is 5. The molecule has 0 atom stereocenters. The molecule has 1 aromatic heterocycles. The lowest BCUT2D eigenvalue weighted by atomic mass is 10.1. The Morgan fingerprint density at radius 3 is 2.48 bits per heavy atom. The van der Waals surface area contributed by atoms with Gasteiger partial charge in [-0.15, -0.1) is 0 Å². The van der Waals surface area contributed by atoms with E-state index in [9.17, 15) is 4.79 Å². The number of hydrogen-bond donors (Lipinski definition) is 1. The molecule has 0 spiro atoms. The van der Waals surface area contributed by atoms with Crippen LogP contribution >= 0.6 is 0 Å². The molecule has 0 aliphatic carbocycles. The zero-order chi connectivity index (χ0) is 18.0. The molecule has 0 radical (unpaired) electrons. The number of amides is 1. The van der Waals surface area contributed by atoms with Gasteiger partial charge in [0.25, 0.3) is 0 Å². The van der Waals surface area contributed by atoms with Gasteiger partial charge in [-0.2, -0.15) is 4.98 Å². The highest BCUT2D eigenvalue weighted by atomic mass is 16.2. The summed E-state index contributed by atoms with van der Waals surface area (Å²) in [6.07, 6.45) is 0. The number of aromatic nitrogens is 2. The Kier molecular flexibility index (Phi) is 4.88. The number of benzene rings is 1. The molecule has 3 rings (SSSR count). The molecule has 0 unspecified atom stereocenters. The molecular weight excluding hydrogens is 314 g/mol. The average molecular weight is 339 g/mol. The van der Waals surface area contributed by atoms with E-state index in [1.165, 1.54) is 11.1 Å². The summed E-state index contributed by atoms with van der Waals surface area (Å²) in [5.41, 5.74) is 4.38. The zero-order valence-corrected chi connectivity index (χ0v) is 15.3. The van der Waals surface area contributed by atoms with Gasteiger partial charge in [0.1, 0.15) is 5.82 Å². The van der Waals surface area contributed by atoms with E-state index in [-0.39, 0.29) is 5.91 Å². The van der Waals surface area contributed by atoms with Gasteiger partial charge in [0.15, 0.2) is 0 Å². The van der Waals surface area contributed by atoms with E-state index < -0.39 is 0 Å². The van der Waals surface area contributed by atoms with Gasteiger partial charge in [0.05, 0.1) is 0 Å². The van der Waals surface area contributed by atoms with Crippen LogP contribution in [-0.2, 0) is 4.79 Å². The SMILES string of the molecule is CC(=O)N1CCN(c2cc(C)nc(Nc3cccc(C)c3C)n2)CC1. The van der Waals surface area contributed by atoms with Crippen molar-refractivity contribution in [2.24, 2.45) is 0 Å². The second kappa shape index (κ2) is 7.09. The lowest BCUT2D eigenvalue weighted by molar-refractivity contribution is -0.129. The molecule has 132 valence electrons. The van der Waals surface area contributed by atoms with Crippen LogP contribution in [0.5, 0.6) is 0 Å². The van der Waals surface area contributed by atoms with Gasteiger partial charge < -0.3 is 15.1 Å².